The van der Waals surface area contributed by atoms with E-state index in [0.717, 1.165) is 49.9 Å². The van der Waals surface area contributed by atoms with E-state index in [0.29, 0.717) is 18.4 Å². The van der Waals surface area contributed by atoms with Crippen LogP contribution in [-0.2, 0) is 9.53 Å². The predicted molar refractivity (Wildman–Crippen MR) is 99.5 cm³/mol. The van der Waals surface area contributed by atoms with Gasteiger partial charge in [0.25, 0.3) is 0 Å². The third-order valence-corrected chi connectivity index (χ3v) is 9.06. The largest absolute Gasteiger partial charge is 0.389 e. The van der Waals surface area contributed by atoms with Crippen molar-refractivity contribution in [1.29, 1.82) is 0 Å². The number of aliphatic hydroxyl groups is 2. The predicted octanol–water partition coefficient (Wildman–Crippen LogP) is 3.19. The highest BCUT2D eigenvalue weighted by atomic mass is 16.5. The summed E-state index contributed by atoms with van der Waals surface area (Å²) in [5.74, 6) is 3.73. The van der Waals surface area contributed by atoms with Gasteiger partial charge < -0.3 is 14.9 Å². The van der Waals surface area contributed by atoms with Gasteiger partial charge in [-0.1, -0.05) is 6.92 Å². The molecule has 0 amide bonds. The standard InChI is InChI=1S/C22H36O4/c1-21-9-7-16-15-8-10-22(25,13-26-2)11-14(15)3-4-17(16)18(21)5-6-19(21)20(24)12-23/h14-19,23,25H,3-13H2,1-2H3/t14-,15+,16-,17-,18+,19-,21+,22+/m1/s1. The number of hydrogen-bond acceptors (Lipinski definition) is 4. The number of ketones is 1. The van der Waals surface area contributed by atoms with Gasteiger partial charge >= 0.3 is 0 Å². The first kappa shape index (κ1) is 18.9. The molecule has 4 aliphatic rings. The SMILES string of the molecule is COC[C@]1(O)CC[C@H]2[C@H](CC[C@@H]3[C@@H]2CC[C@]2(C)[C@@H](C(=O)CO)CC[C@@H]32)C1. The van der Waals surface area contributed by atoms with Crippen LogP contribution in [0, 0.1) is 40.9 Å². The van der Waals surface area contributed by atoms with Crippen LogP contribution >= 0.6 is 0 Å². The number of hydrogen-bond donors (Lipinski definition) is 2. The Morgan fingerprint density at radius 3 is 2.54 bits per heavy atom. The van der Waals surface area contributed by atoms with E-state index in [4.69, 9.17) is 4.74 Å². The third-order valence-electron chi connectivity index (χ3n) is 9.06. The van der Waals surface area contributed by atoms with E-state index in [2.05, 4.69) is 6.92 Å². The molecule has 0 bridgehead atoms. The summed E-state index contributed by atoms with van der Waals surface area (Å²) in [5.41, 5.74) is -0.503. The fourth-order valence-corrected chi connectivity index (χ4v) is 8.00. The molecule has 0 spiro atoms. The van der Waals surface area contributed by atoms with Gasteiger partial charge in [0, 0.05) is 13.0 Å². The third kappa shape index (κ3) is 2.87. The molecule has 0 aromatic rings. The van der Waals surface area contributed by atoms with Crippen molar-refractivity contribution in [3.8, 4) is 0 Å². The van der Waals surface area contributed by atoms with E-state index < -0.39 is 5.60 Å². The first-order valence-electron chi connectivity index (χ1n) is 10.8. The summed E-state index contributed by atoms with van der Waals surface area (Å²) < 4.78 is 5.28. The first-order chi connectivity index (χ1) is 12.4. The zero-order valence-corrected chi connectivity index (χ0v) is 16.5. The van der Waals surface area contributed by atoms with Crippen LogP contribution in [0.3, 0.4) is 0 Å². The van der Waals surface area contributed by atoms with Gasteiger partial charge in [0.1, 0.15) is 6.61 Å². The first-order valence-corrected chi connectivity index (χ1v) is 10.8. The quantitative estimate of drug-likeness (QED) is 0.804. The fourth-order valence-electron chi connectivity index (χ4n) is 8.00. The van der Waals surface area contributed by atoms with E-state index in [1.807, 2.05) is 0 Å². The minimum atomic E-state index is -0.613. The Morgan fingerprint density at radius 2 is 1.81 bits per heavy atom. The van der Waals surface area contributed by atoms with Crippen molar-refractivity contribution in [3.63, 3.8) is 0 Å². The minimum Gasteiger partial charge on any atom is -0.389 e. The maximum atomic E-state index is 12.3. The Labute approximate surface area is 157 Å². The number of ether oxygens (including phenoxy) is 1. The summed E-state index contributed by atoms with van der Waals surface area (Å²) in [6.45, 7) is 2.52. The van der Waals surface area contributed by atoms with Gasteiger partial charge in [0.15, 0.2) is 5.78 Å². The summed E-state index contributed by atoms with van der Waals surface area (Å²) >= 11 is 0. The van der Waals surface area contributed by atoms with Gasteiger partial charge in [-0.25, -0.2) is 0 Å². The van der Waals surface area contributed by atoms with Crippen molar-refractivity contribution in [2.75, 3.05) is 20.3 Å². The Balaban J connectivity index is 1.50. The normalized spacial score (nSPS) is 50.6. The molecule has 4 heteroatoms. The van der Waals surface area contributed by atoms with Crippen LogP contribution in [0.1, 0.15) is 64.7 Å². The summed E-state index contributed by atoms with van der Waals surface area (Å²) in [6.07, 6.45) is 9.91. The van der Waals surface area contributed by atoms with Gasteiger partial charge in [-0.2, -0.15) is 0 Å². The maximum absolute atomic E-state index is 12.3. The lowest BCUT2D eigenvalue weighted by Gasteiger charge is -2.57. The van der Waals surface area contributed by atoms with E-state index >= 15 is 0 Å². The molecule has 4 aliphatic carbocycles. The number of carbonyl (C=O) groups is 1. The lowest BCUT2D eigenvalue weighted by atomic mass is 9.49. The molecule has 0 aromatic heterocycles. The van der Waals surface area contributed by atoms with Crippen molar-refractivity contribution < 1.29 is 19.7 Å². The second-order valence-corrected chi connectivity index (χ2v) is 10.1. The second kappa shape index (κ2) is 6.86. The van der Waals surface area contributed by atoms with E-state index in [1.54, 1.807) is 7.11 Å². The van der Waals surface area contributed by atoms with Crippen LogP contribution in [0.5, 0.6) is 0 Å². The molecule has 2 N–H and O–H groups in total. The fraction of sp³-hybridized carbons (Fsp3) is 0.955. The molecule has 4 rings (SSSR count). The van der Waals surface area contributed by atoms with Gasteiger partial charge in [-0.05, 0) is 92.8 Å². The Bertz CT molecular complexity index is 548. The lowest BCUT2D eigenvalue weighted by molar-refractivity contribution is -0.138. The molecule has 148 valence electrons. The molecular weight excluding hydrogens is 328 g/mol. The highest BCUT2D eigenvalue weighted by molar-refractivity contribution is 5.83. The van der Waals surface area contributed by atoms with Crippen molar-refractivity contribution in [3.05, 3.63) is 0 Å². The van der Waals surface area contributed by atoms with E-state index in [1.165, 1.54) is 25.7 Å². The average Bonchev–Trinajstić information content (AvgIpc) is 2.98. The van der Waals surface area contributed by atoms with Crippen molar-refractivity contribution >= 4 is 5.78 Å². The van der Waals surface area contributed by atoms with Gasteiger partial charge in [-0.15, -0.1) is 0 Å². The number of fused-ring (bicyclic) bond motifs is 5. The van der Waals surface area contributed by atoms with Crippen LogP contribution in [0.4, 0.5) is 0 Å². The lowest BCUT2D eigenvalue weighted by Crippen LogP contribution is -2.52. The van der Waals surface area contributed by atoms with Crippen molar-refractivity contribution in [2.24, 2.45) is 40.9 Å². The summed E-state index contributed by atoms with van der Waals surface area (Å²) in [6, 6.07) is 0. The summed E-state index contributed by atoms with van der Waals surface area (Å²) in [5, 5.41) is 20.2. The molecule has 4 fully saturated rings. The number of carbonyl (C=O) groups excluding carboxylic acids is 1. The molecule has 8 atom stereocenters. The van der Waals surface area contributed by atoms with Gasteiger partial charge in [0.2, 0.25) is 0 Å². The molecule has 0 aromatic carbocycles. The molecule has 26 heavy (non-hydrogen) atoms. The Kier molecular flexibility index (Phi) is 4.98. The molecule has 0 saturated heterocycles. The van der Waals surface area contributed by atoms with E-state index in [-0.39, 0.29) is 23.7 Å². The highest BCUT2D eigenvalue weighted by Gasteiger charge is 2.58. The van der Waals surface area contributed by atoms with Crippen molar-refractivity contribution in [1.82, 2.24) is 0 Å². The number of aliphatic hydroxyl groups excluding tert-OH is 1. The highest BCUT2D eigenvalue weighted by Crippen LogP contribution is 2.64. The molecule has 4 nitrogen and oxygen atoms in total. The number of Topliss-reactive ketones (excluding diaryl/α,β-unsaturated/α-hetero) is 1. The zero-order valence-electron chi connectivity index (χ0n) is 16.5. The number of methoxy groups -OCH3 is 1. The Morgan fingerprint density at radius 1 is 1.04 bits per heavy atom. The maximum Gasteiger partial charge on any atom is 0.161 e. The van der Waals surface area contributed by atoms with E-state index in [9.17, 15) is 15.0 Å². The topological polar surface area (TPSA) is 66.8 Å². The molecule has 0 radical (unpaired) electrons. The second-order valence-electron chi connectivity index (χ2n) is 10.1. The van der Waals surface area contributed by atoms with Gasteiger partial charge in [-0.3, -0.25) is 4.79 Å². The number of rotatable bonds is 4. The summed E-state index contributed by atoms with van der Waals surface area (Å²) in [4.78, 5) is 12.3. The molecule has 0 heterocycles. The monoisotopic (exact) mass is 364 g/mol. The molecule has 0 aliphatic heterocycles. The van der Waals surface area contributed by atoms with Crippen LogP contribution in [0.25, 0.3) is 0 Å². The van der Waals surface area contributed by atoms with Gasteiger partial charge in [0.05, 0.1) is 12.2 Å². The molecule has 0 unspecified atom stereocenters. The zero-order chi connectivity index (χ0) is 18.5. The van der Waals surface area contributed by atoms with Crippen LogP contribution in [0.2, 0.25) is 0 Å². The Hall–Kier alpha value is -0.450. The molecule has 4 saturated carbocycles. The molecular formula is C22H36O4. The average molecular weight is 365 g/mol. The minimum absolute atomic E-state index is 0.0735. The van der Waals surface area contributed by atoms with Crippen LogP contribution in [-0.4, -0.2) is 41.9 Å². The summed E-state index contributed by atoms with van der Waals surface area (Å²) in [7, 11) is 1.69. The van der Waals surface area contributed by atoms with Crippen LogP contribution < -0.4 is 0 Å². The van der Waals surface area contributed by atoms with Crippen LogP contribution in [0.15, 0.2) is 0 Å². The van der Waals surface area contributed by atoms with Crippen molar-refractivity contribution in [2.45, 2.75) is 70.3 Å². The smallest absolute Gasteiger partial charge is 0.161 e.